The summed E-state index contributed by atoms with van der Waals surface area (Å²) >= 11 is 0. The molecule has 1 aliphatic rings. The molecule has 0 radical (unpaired) electrons. The molecule has 0 aromatic rings. The summed E-state index contributed by atoms with van der Waals surface area (Å²) in [6.07, 6.45) is 6.28. The Morgan fingerprint density at radius 1 is 1.59 bits per heavy atom. The minimum Gasteiger partial charge on any atom is -0.431 e. The van der Waals surface area contributed by atoms with Crippen LogP contribution in [0.1, 0.15) is 40.5 Å². The SMILES string of the molecule is CCC(C)(O)C(C)CC1=COC(=O)C=CC1C. The molecule has 0 saturated carbocycles. The quantitative estimate of drug-likeness (QED) is 0.766. The first-order chi connectivity index (χ1) is 7.86. The molecule has 96 valence electrons. The van der Waals surface area contributed by atoms with Crippen molar-refractivity contribution in [1.29, 1.82) is 0 Å². The number of allylic oxidation sites excluding steroid dienone is 2. The summed E-state index contributed by atoms with van der Waals surface area (Å²) in [6.45, 7) is 7.87. The van der Waals surface area contributed by atoms with Crippen LogP contribution in [0.4, 0.5) is 0 Å². The number of carbonyl (C=O) groups excluding carboxylic acids is 1. The van der Waals surface area contributed by atoms with Gasteiger partial charge in [-0.2, -0.15) is 0 Å². The van der Waals surface area contributed by atoms with Crippen molar-refractivity contribution in [3.8, 4) is 0 Å². The molecule has 1 N–H and O–H groups in total. The molecule has 0 aromatic heterocycles. The van der Waals surface area contributed by atoms with E-state index < -0.39 is 5.60 Å². The van der Waals surface area contributed by atoms with Crippen LogP contribution in [0.3, 0.4) is 0 Å². The van der Waals surface area contributed by atoms with Gasteiger partial charge in [0.2, 0.25) is 0 Å². The van der Waals surface area contributed by atoms with Crippen LogP contribution in [0.15, 0.2) is 24.0 Å². The third kappa shape index (κ3) is 3.70. The van der Waals surface area contributed by atoms with E-state index in [1.54, 1.807) is 0 Å². The fourth-order valence-corrected chi connectivity index (χ4v) is 1.78. The van der Waals surface area contributed by atoms with Crippen LogP contribution >= 0.6 is 0 Å². The second kappa shape index (κ2) is 5.50. The Labute approximate surface area is 103 Å². The number of carbonyl (C=O) groups is 1. The van der Waals surface area contributed by atoms with E-state index in [4.69, 9.17) is 4.74 Å². The van der Waals surface area contributed by atoms with Gasteiger partial charge in [-0.25, -0.2) is 4.79 Å². The topological polar surface area (TPSA) is 46.5 Å². The molecule has 0 amide bonds. The minimum absolute atomic E-state index is 0.131. The van der Waals surface area contributed by atoms with Gasteiger partial charge in [0.15, 0.2) is 0 Å². The van der Waals surface area contributed by atoms with Crippen LogP contribution in [0.5, 0.6) is 0 Å². The van der Waals surface area contributed by atoms with Gasteiger partial charge in [-0.3, -0.25) is 0 Å². The van der Waals surface area contributed by atoms with E-state index in [0.717, 1.165) is 12.0 Å². The lowest BCUT2D eigenvalue weighted by atomic mass is 9.81. The highest BCUT2D eigenvalue weighted by molar-refractivity contribution is 5.82. The monoisotopic (exact) mass is 238 g/mol. The van der Waals surface area contributed by atoms with Crippen molar-refractivity contribution in [2.75, 3.05) is 0 Å². The zero-order valence-corrected chi connectivity index (χ0v) is 11.1. The van der Waals surface area contributed by atoms with Crippen molar-refractivity contribution in [1.82, 2.24) is 0 Å². The molecule has 3 unspecified atom stereocenters. The van der Waals surface area contributed by atoms with Gasteiger partial charge < -0.3 is 9.84 Å². The average molecular weight is 238 g/mol. The Balaban J connectivity index is 2.74. The highest BCUT2D eigenvalue weighted by Crippen LogP contribution is 2.30. The predicted octanol–water partition coefficient (Wildman–Crippen LogP) is 2.81. The highest BCUT2D eigenvalue weighted by Gasteiger charge is 2.28. The first-order valence-electron chi connectivity index (χ1n) is 6.17. The molecule has 3 heteroatoms. The lowest BCUT2D eigenvalue weighted by Crippen LogP contribution is -2.32. The van der Waals surface area contributed by atoms with E-state index in [0.29, 0.717) is 6.42 Å². The van der Waals surface area contributed by atoms with Crippen LogP contribution in [-0.2, 0) is 9.53 Å². The van der Waals surface area contributed by atoms with E-state index in [-0.39, 0.29) is 17.8 Å². The zero-order chi connectivity index (χ0) is 13.1. The summed E-state index contributed by atoms with van der Waals surface area (Å²) in [6, 6.07) is 0. The van der Waals surface area contributed by atoms with Crippen molar-refractivity contribution >= 4 is 5.97 Å². The molecule has 1 aliphatic heterocycles. The molecule has 0 aromatic carbocycles. The van der Waals surface area contributed by atoms with Gasteiger partial charge in [-0.15, -0.1) is 0 Å². The predicted molar refractivity (Wildman–Crippen MR) is 67.2 cm³/mol. The summed E-state index contributed by atoms with van der Waals surface area (Å²) < 4.78 is 4.96. The van der Waals surface area contributed by atoms with Crippen molar-refractivity contribution in [3.63, 3.8) is 0 Å². The Hall–Kier alpha value is -1.09. The van der Waals surface area contributed by atoms with Crippen molar-refractivity contribution in [2.45, 2.75) is 46.1 Å². The van der Waals surface area contributed by atoms with Gasteiger partial charge in [-0.1, -0.05) is 26.8 Å². The molecule has 0 fully saturated rings. The van der Waals surface area contributed by atoms with Crippen molar-refractivity contribution in [2.24, 2.45) is 11.8 Å². The van der Waals surface area contributed by atoms with E-state index >= 15 is 0 Å². The number of hydrogen-bond donors (Lipinski definition) is 1. The molecule has 1 heterocycles. The number of esters is 1. The fraction of sp³-hybridized carbons (Fsp3) is 0.643. The number of ether oxygens (including phenoxy) is 1. The van der Waals surface area contributed by atoms with E-state index in [9.17, 15) is 9.90 Å². The smallest absolute Gasteiger partial charge is 0.335 e. The molecule has 1 rings (SSSR count). The van der Waals surface area contributed by atoms with Crippen molar-refractivity contribution < 1.29 is 14.6 Å². The summed E-state index contributed by atoms with van der Waals surface area (Å²) in [5.41, 5.74) is 0.369. The Bertz CT molecular complexity index is 339. The lowest BCUT2D eigenvalue weighted by molar-refractivity contribution is -0.132. The molecule has 3 atom stereocenters. The van der Waals surface area contributed by atoms with Crippen LogP contribution in [0.2, 0.25) is 0 Å². The van der Waals surface area contributed by atoms with Gasteiger partial charge in [0, 0.05) is 6.08 Å². The number of rotatable bonds is 4. The van der Waals surface area contributed by atoms with Crippen molar-refractivity contribution in [3.05, 3.63) is 24.0 Å². The van der Waals surface area contributed by atoms with E-state index in [2.05, 4.69) is 0 Å². The Morgan fingerprint density at radius 2 is 2.24 bits per heavy atom. The Morgan fingerprint density at radius 3 is 2.82 bits per heavy atom. The minimum atomic E-state index is -0.680. The first kappa shape index (κ1) is 14.0. The van der Waals surface area contributed by atoms with Gasteiger partial charge in [0.25, 0.3) is 0 Å². The van der Waals surface area contributed by atoms with Crippen LogP contribution < -0.4 is 0 Å². The zero-order valence-electron chi connectivity index (χ0n) is 11.1. The van der Waals surface area contributed by atoms with Gasteiger partial charge >= 0.3 is 5.97 Å². The third-order valence-corrected chi connectivity index (χ3v) is 3.75. The Kier molecular flexibility index (Phi) is 4.52. The van der Waals surface area contributed by atoms with Gasteiger partial charge in [0.05, 0.1) is 11.9 Å². The highest BCUT2D eigenvalue weighted by atomic mass is 16.5. The van der Waals surface area contributed by atoms with Crippen LogP contribution in [-0.4, -0.2) is 16.7 Å². The normalized spacial score (nSPS) is 25.6. The molecule has 17 heavy (non-hydrogen) atoms. The maximum Gasteiger partial charge on any atom is 0.335 e. The van der Waals surface area contributed by atoms with Crippen LogP contribution in [0, 0.1) is 11.8 Å². The summed E-state index contributed by atoms with van der Waals surface area (Å²) in [5.74, 6) is -0.0234. The molecule has 0 aliphatic carbocycles. The second-order valence-corrected chi connectivity index (χ2v) is 5.09. The largest absolute Gasteiger partial charge is 0.431 e. The lowest BCUT2D eigenvalue weighted by Gasteiger charge is -2.30. The average Bonchev–Trinajstić information content (AvgIpc) is 2.44. The maximum absolute atomic E-state index is 11.1. The van der Waals surface area contributed by atoms with Gasteiger partial charge in [-0.05, 0) is 37.2 Å². The number of cyclic esters (lactones) is 1. The molecule has 0 bridgehead atoms. The van der Waals surface area contributed by atoms with E-state index in [1.807, 2.05) is 33.8 Å². The maximum atomic E-state index is 11.1. The van der Waals surface area contributed by atoms with Gasteiger partial charge in [0.1, 0.15) is 0 Å². The number of hydrogen-bond acceptors (Lipinski definition) is 3. The van der Waals surface area contributed by atoms with Crippen LogP contribution in [0.25, 0.3) is 0 Å². The molecule has 0 spiro atoms. The third-order valence-electron chi connectivity index (χ3n) is 3.75. The molecule has 0 saturated heterocycles. The molecule has 3 nitrogen and oxygen atoms in total. The first-order valence-corrected chi connectivity index (χ1v) is 6.17. The fourth-order valence-electron chi connectivity index (χ4n) is 1.78. The summed E-state index contributed by atoms with van der Waals surface area (Å²) in [7, 11) is 0. The summed E-state index contributed by atoms with van der Waals surface area (Å²) in [5, 5.41) is 10.2. The molecular formula is C14H22O3. The summed E-state index contributed by atoms with van der Waals surface area (Å²) in [4.78, 5) is 11.1. The second-order valence-electron chi connectivity index (χ2n) is 5.09. The van der Waals surface area contributed by atoms with E-state index in [1.165, 1.54) is 12.3 Å². The molecular weight excluding hydrogens is 216 g/mol. The standard InChI is InChI=1S/C14H22O3/c1-5-14(4,16)11(3)8-12-9-17-13(15)7-6-10(12)2/h6-7,9-11,16H,5,8H2,1-4H3. The number of aliphatic hydroxyl groups is 1.